The molecular weight excluding hydrogens is 317 g/mol. The predicted octanol–water partition coefficient (Wildman–Crippen LogP) is 2.26. The average Bonchev–Trinajstić information content (AvgIpc) is 2.56. The van der Waals surface area contributed by atoms with Gasteiger partial charge in [0.15, 0.2) is 0 Å². The van der Waals surface area contributed by atoms with Crippen molar-refractivity contribution in [3.8, 4) is 0 Å². The molecule has 0 bridgehead atoms. The quantitative estimate of drug-likeness (QED) is 0.647. The molecule has 0 saturated carbocycles. The van der Waals surface area contributed by atoms with Gasteiger partial charge in [0.2, 0.25) is 5.91 Å². The third kappa shape index (κ3) is 4.13. The van der Waals surface area contributed by atoms with Crippen LogP contribution < -0.4 is 10.6 Å². The third-order valence-electron chi connectivity index (χ3n) is 3.27. The average molecular weight is 331 g/mol. The first-order valence-electron chi connectivity index (χ1n) is 6.98. The molecule has 0 aliphatic heterocycles. The number of nitrogens with zero attached hydrogens (tertiary/aromatic N) is 2. The Morgan fingerprint density at radius 3 is 2.42 bits per heavy atom. The molecule has 2 amide bonds. The zero-order valence-corrected chi connectivity index (χ0v) is 12.5. The number of primary amides is 1. The van der Waals surface area contributed by atoms with Crippen molar-refractivity contribution < 1.29 is 18.9 Å². The molecule has 0 unspecified atom stereocenters. The van der Waals surface area contributed by atoms with Crippen LogP contribution in [0.15, 0.2) is 48.5 Å². The molecule has 2 aromatic rings. The van der Waals surface area contributed by atoms with Gasteiger partial charge in [-0.1, -0.05) is 6.07 Å². The molecule has 0 radical (unpaired) electrons. The molecule has 0 spiro atoms. The summed E-state index contributed by atoms with van der Waals surface area (Å²) in [6.07, 6.45) is -0.0992. The molecule has 0 aliphatic rings. The number of benzene rings is 2. The SMILES string of the molecule is NC(=O)CCN(C(=O)c1cccc([N+](=O)[O-])c1)c1ccc(F)cc1. The zero-order chi connectivity index (χ0) is 17.7. The van der Waals surface area contributed by atoms with E-state index in [0.717, 1.165) is 6.07 Å². The lowest BCUT2D eigenvalue weighted by molar-refractivity contribution is -0.384. The van der Waals surface area contributed by atoms with Crippen molar-refractivity contribution in [3.05, 3.63) is 70.0 Å². The first-order valence-corrected chi connectivity index (χ1v) is 6.98. The summed E-state index contributed by atoms with van der Waals surface area (Å²) >= 11 is 0. The first-order chi connectivity index (χ1) is 11.4. The van der Waals surface area contributed by atoms with Crippen LogP contribution in [0.2, 0.25) is 0 Å². The second kappa shape index (κ2) is 7.32. The van der Waals surface area contributed by atoms with Crippen molar-refractivity contribution in [2.75, 3.05) is 11.4 Å². The predicted molar refractivity (Wildman–Crippen MR) is 85.0 cm³/mol. The molecule has 8 heteroatoms. The summed E-state index contributed by atoms with van der Waals surface area (Å²) < 4.78 is 13.1. The molecule has 7 nitrogen and oxygen atoms in total. The van der Waals surface area contributed by atoms with Gasteiger partial charge < -0.3 is 10.6 Å². The Hall–Kier alpha value is -3.29. The number of carbonyl (C=O) groups excluding carboxylic acids is 2. The van der Waals surface area contributed by atoms with Gasteiger partial charge in [0.1, 0.15) is 5.82 Å². The lowest BCUT2D eigenvalue weighted by Gasteiger charge is -2.22. The maximum atomic E-state index is 13.1. The Morgan fingerprint density at radius 1 is 1.17 bits per heavy atom. The summed E-state index contributed by atoms with van der Waals surface area (Å²) in [6.45, 7) is -0.0253. The number of anilines is 1. The molecule has 0 atom stereocenters. The molecule has 2 aromatic carbocycles. The van der Waals surface area contributed by atoms with Crippen molar-refractivity contribution in [2.24, 2.45) is 5.73 Å². The van der Waals surface area contributed by atoms with Crippen LogP contribution in [0.5, 0.6) is 0 Å². The van der Waals surface area contributed by atoms with Crippen molar-refractivity contribution in [1.82, 2.24) is 0 Å². The summed E-state index contributed by atoms with van der Waals surface area (Å²) in [5.74, 6) is -1.63. The number of nitro benzene ring substituents is 1. The fourth-order valence-corrected chi connectivity index (χ4v) is 2.10. The standard InChI is InChI=1S/C16H14FN3O4/c17-12-4-6-13(7-5-12)19(9-8-15(18)21)16(22)11-2-1-3-14(10-11)20(23)24/h1-7,10H,8-9H2,(H2,18,21). The Bertz CT molecular complexity index is 777. The van der Waals surface area contributed by atoms with Gasteiger partial charge in [0.05, 0.1) is 4.92 Å². The van der Waals surface area contributed by atoms with E-state index in [1.807, 2.05) is 0 Å². The highest BCUT2D eigenvalue weighted by Gasteiger charge is 2.20. The molecule has 0 heterocycles. The Labute approximate surface area is 136 Å². The van der Waals surface area contributed by atoms with E-state index in [1.165, 1.54) is 47.4 Å². The van der Waals surface area contributed by atoms with E-state index in [0.29, 0.717) is 5.69 Å². The highest BCUT2D eigenvalue weighted by Crippen LogP contribution is 2.20. The van der Waals surface area contributed by atoms with Crippen molar-refractivity contribution >= 4 is 23.2 Å². The number of rotatable bonds is 6. The molecule has 2 rings (SSSR count). The third-order valence-corrected chi connectivity index (χ3v) is 3.27. The number of halogens is 1. The highest BCUT2D eigenvalue weighted by molar-refractivity contribution is 6.06. The second-order valence-electron chi connectivity index (χ2n) is 4.96. The largest absolute Gasteiger partial charge is 0.370 e. The van der Waals surface area contributed by atoms with Crippen molar-refractivity contribution in [2.45, 2.75) is 6.42 Å². The molecular formula is C16H14FN3O4. The van der Waals surface area contributed by atoms with Gasteiger partial charge in [-0.3, -0.25) is 19.7 Å². The molecule has 0 saturated heterocycles. The van der Waals surface area contributed by atoms with E-state index in [1.54, 1.807) is 0 Å². The lowest BCUT2D eigenvalue weighted by atomic mass is 10.1. The number of nitro groups is 1. The smallest absolute Gasteiger partial charge is 0.270 e. The Morgan fingerprint density at radius 2 is 1.83 bits per heavy atom. The Kier molecular flexibility index (Phi) is 5.20. The van der Waals surface area contributed by atoms with Gasteiger partial charge in [0, 0.05) is 36.3 Å². The number of nitrogens with two attached hydrogens (primary N) is 1. The van der Waals surface area contributed by atoms with Crippen molar-refractivity contribution in [1.29, 1.82) is 0 Å². The van der Waals surface area contributed by atoms with E-state index in [4.69, 9.17) is 5.73 Å². The summed E-state index contributed by atoms with van der Waals surface area (Å²) in [5, 5.41) is 10.8. The minimum absolute atomic E-state index is 0.0253. The fraction of sp³-hybridized carbons (Fsp3) is 0.125. The Balaban J connectivity index is 2.36. The van der Waals surface area contributed by atoms with Gasteiger partial charge >= 0.3 is 0 Å². The number of hydrogen-bond acceptors (Lipinski definition) is 4. The van der Waals surface area contributed by atoms with Gasteiger partial charge in [0.25, 0.3) is 11.6 Å². The van der Waals surface area contributed by atoms with Crippen LogP contribution in [-0.2, 0) is 4.79 Å². The number of hydrogen-bond donors (Lipinski definition) is 1. The van der Waals surface area contributed by atoms with Crippen LogP contribution in [0, 0.1) is 15.9 Å². The fourth-order valence-electron chi connectivity index (χ4n) is 2.10. The van der Waals surface area contributed by atoms with Crippen LogP contribution in [0.1, 0.15) is 16.8 Å². The summed E-state index contributed by atoms with van der Waals surface area (Å²) in [6, 6.07) is 10.3. The van der Waals surface area contributed by atoms with Crippen LogP contribution in [0.3, 0.4) is 0 Å². The van der Waals surface area contributed by atoms with Gasteiger partial charge in [-0.05, 0) is 30.3 Å². The normalized spacial score (nSPS) is 10.2. The van der Waals surface area contributed by atoms with E-state index in [9.17, 15) is 24.1 Å². The summed E-state index contributed by atoms with van der Waals surface area (Å²) in [4.78, 5) is 35.2. The zero-order valence-electron chi connectivity index (χ0n) is 12.5. The highest BCUT2D eigenvalue weighted by atomic mass is 19.1. The molecule has 0 aromatic heterocycles. The number of amides is 2. The lowest BCUT2D eigenvalue weighted by Crippen LogP contribution is -2.34. The maximum absolute atomic E-state index is 13.1. The van der Waals surface area contributed by atoms with Crippen LogP contribution in [-0.4, -0.2) is 23.3 Å². The number of non-ortho nitro benzene ring substituents is 1. The monoisotopic (exact) mass is 331 g/mol. The second-order valence-corrected chi connectivity index (χ2v) is 4.96. The molecule has 2 N–H and O–H groups in total. The van der Waals surface area contributed by atoms with Crippen LogP contribution in [0.4, 0.5) is 15.8 Å². The van der Waals surface area contributed by atoms with Gasteiger partial charge in [-0.2, -0.15) is 0 Å². The van der Waals surface area contributed by atoms with Crippen LogP contribution in [0.25, 0.3) is 0 Å². The maximum Gasteiger partial charge on any atom is 0.270 e. The molecule has 0 fully saturated rings. The molecule has 124 valence electrons. The summed E-state index contributed by atoms with van der Waals surface area (Å²) in [5.41, 5.74) is 5.33. The molecule has 0 aliphatic carbocycles. The topological polar surface area (TPSA) is 107 Å². The van der Waals surface area contributed by atoms with E-state index >= 15 is 0 Å². The van der Waals surface area contributed by atoms with E-state index in [2.05, 4.69) is 0 Å². The van der Waals surface area contributed by atoms with Gasteiger partial charge in [-0.15, -0.1) is 0 Å². The van der Waals surface area contributed by atoms with Gasteiger partial charge in [-0.25, -0.2) is 4.39 Å². The summed E-state index contributed by atoms with van der Waals surface area (Å²) in [7, 11) is 0. The van der Waals surface area contributed by atoms with E-state index < -0.39 is 22.6 Å². The number of carbonyl (C=O) groups is 2. The van der Waals surface area contributed by atoms with E-state index in [-0.39, 0.29) is 24.2 Å². The van der Waals surface area contributed by atoms with Crippen LogP contribution >= 0.6 is 0 Å². The minimum atomic E-state index is -0.609. The first kappa shape index (κ1) is 17.1. The molecule has 24 heavy (non-hydrogen) atoms. The minimum Gasteiger partial charge on any atom is -0.370 e. The van der Waals surface area contributed by atoms with Crippen molar-refractivity contribution in [3.63, 3.8) is 0 Å².